The number of fused-ring (bicyclic) bond motifs is 6. The molecule has 0 amide bonds. The van der Waals surface area contributed by atoms with Crippen molar-refractivity contribution in [3.63, 3.8) is 0 Å². The van der Waals surface area contributed by atoms with Gasteiger partial charge in [0.2, 0.25) is 0 Å². The van der Waals surface area contributed by atoms with Crippen molar-refractivity contribution in [3.05, 3.63) is 231 Å². The van der Waals surface area contributed by atoms with Gasteiger partial charge in [-0.25, -0.2) is 8.42 Å². The molecule has 12 rings (SSSR count). The van der Waals surface area contributed by atoms with Crippen molar-refractivity contribution >= 4 is 88.9 Å². The van der Waals surface area contributed by atoms with E-state index in [1.54, 1.807) is 25.5 Å². The molecule has 0 aliphatic carbocycles. The fourth-order valence-electron chi connectivity index (χ4n) is 8.05. The van der Waals surface area contributed by atoms with E-state index in [2.05, 4.69) is 150 Å². The summed E-state index contributed by atoms with van der Waals surface area (Å²) in [5, 5.41) is 21.5. The molecule has 0 atom stereocenters. The van der Waals surface area contributed by atoms with Crippen LogP contribution in [0.15, 0.2) is 222 Å². The van der Waals surface area contributed by atoms with Gasteiger partial charge in [0.1, 0.15) is 16.7 Å². The van der Waals surface area contributed by atoms with E-state index in [1.165, 1.54) is 15.8 Å². The molecule has 0 fully saturated rings. The van der Waals surface area contributed by atoms with Crippen molar-refractivity contribution in [2.45, 2.75) is 53.6 Å². The zero-order valence-corrected chi connectivity index (χ0v) is 56.8. The number of furan rings is 2. The molecule has 11 nitrogen and oxygen atoms in total. The van der Waals surface area contributed by atoms with Gasteiger partial charge < -0.3 is 38.6 Å². The van der Waals surface area contributed by atoms with Crippen LogP contribution in [0.25, 0.3) is 88.9 Å². The number of terminal acetylenes is 1. The molecule has 5 radical (unpaired) electrons. The second kappa shape index (κ2) is 38.0. The monoisotopic (exact) mass is 1550 g/mol. The molecule has 6 aromatic heterocycles. The predicted molar refractivity (Wildman–Crippen MR) is 355 cm³/mol. The first-order valence-corrected chi connectivity index (χ1v) is 34.8. The minimum Gasteiger partial charge on any atom is -0.748 e. The van der Waals surface area contributed by atoms with Gasteiger partial charge in [-0.2, -0.15) is 0 Å². The average molecular weight is 1550 g/mol. The molecule has 0 saturated heterocycles. The van der Waals surface area contributed by atoms with Gasteiger partial charge in [0.05, 0.1) is 37.5 Å². The molecule has 17 heteroatoms. The molecular weight excluding hydrogens is 1480 g/mol. The molecule has 0 unspecified atom stereocenters. The molecule has 0 aliphatic heterocycles. The van der Waals surface area contributed by atoms with E-state index >= 15 is 0 Å². The van der Waals surface area contributed by atoms with Crippen LogP contribution in [0, 0.1) is 30.5 Å². The van der Waals surface area contributed by atoms with Crippen molar-refractivity contribution in [3.8, 4) is 57.4 Å². The smallest absolute Gasteiger partial charge is 0.144 e. The molecule has 2 N–H and O–H groups in total. The predicted octanol–water partition coefficient (Wildman–Crippen LogP) is 14.6. The van der Waals surface area contributed by atoms with Gasteiger partial charge in [0.15, 0.2) is 0 Å². The third kappa shape index (κ3) is 22.9. The number of aliphatic hydroxyl groups excluding tert-OH is 2. The van der Waals surface area contributed by atoms with Gasteiger partial charge >= 0.3 is 0 Å². The number of nitrogens with zero attached hydrogens (tertiary/aromatic N) is 4. The van der Waals surface area contributed by atoms with E-state index in [0.29, 0.717) is 6.26 Å². The van der Waals surface area contributed by atoms with Crippen molar-refractivity contribution < 1.29 is 72.2 Å². The normalized spacial score (nSPS) is 10.1. The minimum absolute atomic E-state index is 0. The summed E-state index contributed by atoms with van der Waals surface area (Å²) in [4.78, 5) is 17.4. The molecule has 0 spiro atoms. The molecule has 0 saturated carbocycles. The largest absolute Gasteiger partial charge is 0.748 e. The molecule has 6 heterocycles. The number of benzene rings is 6. The van der Waals surface area contributed by atoms with Crippen molar-refractivity contribution in [1.82, 2.24) is 19.9 Å². The Bertz CT molecular complexity index is 3680. The van der Waals surface area contributed by atoms with Gasteiger partial charge in [0.25, 0.3) is 0 Å². The van der Waals surface area contributed by atoms with Crippen LogP contribution in [-0.4, -0.2) is 88.2 Å². The van der Waals surface area contributed by atoms with E-state index in [1.807, 2.05) is 134 Å². The van der Waals surface area contributed by atoms with Crippen molar-refractivity contribution in [2.24, 2.45) is 0 Å². The standard InChI is InChI=1S/C20H19NOSi.C20H18NOSi.2C11H8N.C3H4.CH4O3S.2CH4O.CH4.B.2Ir/c2*1-23(2,3)14-10-11-15-16-7-6-8-17(18-9-4-5-12-21-18)20(16)22-19(15)13-14;2*1-2-6-10(7-3-1)11-8-4-5-9-12-11;1-3-2;1-5(2,3)4;2*1-2;;;;/h4-13H,1-3H3;4-7,9-13H,1-3H3;2*1-6,8-9H;1H,2H3;1H3,(H,2,3,4);2*2H,1H3;1H4;;;/q;3*-1;;;;;;;;/p-1. The second-order valence-electron chi connectivity index (χ2n) is 19.8. The van der Waals surface area contributed by atoms with Crippen LogP contribution in [-0.2, 0) is 50.3 Å². The van der Waals surface area contributed by atoms with Crippen LogP contribution in [0.2, 0.25) is 39.3 Å². The Morgan fingerprint density at radius 3 is 1.23 bits per heavy atom. The quantitative estimate of drug-likeness (QED) is 0.0701. The van der Waals surface area contributed by atoms with Crippen LogP contribution in [0.4, 0.5) is 0 Å². The molecule has 0 aliphatic rings. The summed E-state index contributed by atoms with van der Waals surface area (Å²) in [7, 11) is -4.62. The van der Waals surface area contributed by atoms with Crippen LogP contribution >= 0.6 is 0 Å². The summed E-state index contributed by atoms with van der Waals surface area (Å²) >= 11 is 0. The Balaban J connectivity index is 0.000000548. The van der Waals surface area contributed by atoms with E-state index in [9.17, 15) is 0 Å². The number of pyridine rings is 4. The molecule has 12 aromatic rings. The Kier molecular flexibility index (Phi) is 33.9. The third-order valence-corrected chi connectivity index (χ3v) is 15.9. The summed E-state index contributed by atoms with van der Waals surface area (Å²) in [6, 6.07) is 72.4. The minimum atomic E-state index is -3.92. The number of rotatable bonds is 6. The Hall–Kier alpha value is -7.29. The Labute approximate surface area is 539 Å². The van der Waals surface area contributed by atoms with Crippen molar-refractivity contribution in [2.75, 3.05) is 20.5 Å². The second-order valence-corrected chi connectivity index (χ2v) is 31.4. The third-order valence-electron chi connectivity index (χ3n) is 11.8. The molecule has 0 bridgehead atoms. The maximum Gasteiger partial charge on any atom is 0.144 e. The summed E-state index contributed by atoms with van der Waals surface area (Å²) in [6.45, 7) is 15.8. The Morgan fingerprint density at radius 2 is 0.860 bits per heavy atom. The molecule has 6 aromatic carbocycles. The fraction of sp³-hybridized carbons (Fsp3) is 0.159. The number of aromatic nitrogens is 4. The molecule has 449 valence electrons. The van der Waals surface area contributed by atoms with Crippen LogP contribution in [0.1, 0.15) is 14.4 Å². The Morgan fingerprint density at radius 1 is 0.488 bits per heavy atom. The van der Waals surface area contributed by atoms with E-state index in [0.717, 1.165) is 97.7 Å². The van der Waals surface area contributed by atoms with E-state index in [4.69, 9.17) is 32.0 Å². The molecular formula is C69H72BIr2N4O7SSi2-4. The number of hydrogen-bond acceptors (Lipinski definition) is 11. The van der Waals surface area contributed by atoms with Crippen LogP contribution in [0.3, 0.4) is 0 Å². The first-order chi connectivity index (χ1) is 39.4. The topological polar surface area (TPSA) is 175 Å². The average Bonchev–Trinajstić information content (AvgIpc) is 2.14. The first kappa shape index (κ1) is 76.7. The summed E-state index contributed by atoms with van der Waals surface area (Å²) in [5.74, 6) is 2.25. The van der Waals surface area contributed by atoms with Gasteiger partial charge in [0, 0.05) is 116 Å². The zero-order chi connectivity index (χ0) is 59.7. The van der Waals surface area contributed by atoms with Gasteiger partial charge in [-0.3, -0.25) is 4.98 Å². The SMILES string of the molecule is C.C#CC.CO.CO.CS(=O)(=O)[O-].C[Si](C)(C)c1ccc2c(c1)oc1c(-c3ccccn3)[c-]ccc12.C[Si](C)(C)c1ccc2c(c1)oc1c(-c3ccccn3)cccc12.[B].[Ir].[Ir].[c-]1ccccc1-c1ccccn1.[c-]1ccccc1-c1ccccn1. The van der Waals surface area contributed by atoms with Crippen LogP contribution < -0.4 is 10.4 Å². The summed E-state index contributed by atoms with van der Waals surface area (Å²) < 4.78 is 39.7. The van der Waals surface area contributed by atoms with E-state index < -0.39 is 26.3 Å². The van der Waals surface area contributed by atoms with Gasteiger partial charge in [-0.1, -0.05) is 147 Å². The number of para-hydroxylation sites is 1. The van der Waals surface area contributed by atoms with E-state index in [-0.39, 0.29) is 56.1 Å². The van der Waals surface area contributed by atoms with Gasteiger partial charge in [-0.15, -0.1) is 102 Å². The fourth-order valence-corrected chi connectivity index (χ4v) is 10.3. The number of aliphatic hydroxyl groups is 2. The van der Waals surface area contributed by atoms with Crippen molar-refractivity contribution in [1.29, 1.82) is 0 Å². The van der Waals surface area contributed by atoms with Gasteiger partial charge in [-0.05, 0) is 72.5 Å². The zero-order valence-electron chi connectivity index (χ0n) is 49.2. The molecule has 86 heavy (non-hydrogen) atoms. The summed E-state index contributed by atoms with van der Waals surface area (Å²) in [5.41, 5.74) is 11.6. The summed E-state index contributed by atoms with van der Waals surface area (Å²) in [6.07, 6.45) is 12.4. The maximum atomic E-state index is 9.08. The number of hydrogen-bond donors (Lipinski definition) is 2. The maximum absolute atomic E-state index is 9.08. The van der Waals surface area contributed by atoms with Crippen LogP contribution in [0.5, 0.6) is 0 Å². The first-order valence-electron chi connectivity index (χ1n) is 26.0.